The zero-order valence-corrected chi connectivity index (χ0v) is 9.26. The van der Waals surface area contributed by atoms with Gasteiger partial charge >= 0.3 is 0 Å². The first-order valence-electron chi connectivity index (χ1n) is 4.82. The Morgan fingerprint density at radius 2 is 1.85 bits per heavy atom. The zero-order valence-electron chi connectivity index (χ0n) is 9.26. The highest BCUT2D eigenvalue weighted by atomic mass is 16.5. The minimum atomic E-state index is -0.406. The van der Waals surface area contributed by atoms with Crippen molar-refractivity contribution in [2.45, 2.75) is 57.7 Å². The van der Waals surface area contributed by atoms with Crippen molar-refractivity contribution >= 4 is 0 Å². The Hall–Kier alpha value is -0.120. The van der Waals surface area contributed by atoms with Crippen LogP contribution in [0.25, 0.3) is 0 Å². The molecule has 1 rings (SSSR count). The third-order valence-electron chi connectivity index (χ3n) is 3.16. The number of nitrogens with zero attached hydrogens (tertiary/aromatic N) is 1. The molecule has 0 aromatic carbocycles. The van der Waals surface area contributed by atoms with Crippen LogP contribution in [-0.2, 0) is 9.94 Å². The van der Waals surface area contributed by atoms with Crippen LogP contribution in [0.5, 0.6) is 0 Å². The molecule has 1 unspecified atom stereocenters. The van der Waals surface area contributed by atoms with E-state index in [1.165, 1.54) is 5.06 Å². The molecule has 0 N–H and O–H groups in total. The summed E-state index contributed by atoms with van der Waals surface area (Å²) < 4.78 is 5.33. The third kappa shape index (κ3) is 1.73. The Bertz CT molecular complexity index is 189. The summed E-state index contributed by atoms with van der Waals surface area (Å²) in [5.74, 6) is 0. The lowest BCUT2D eigenvalue weighted by Gasteiger charge is -2.50. The highest BCUT2D eigenvalue weighted by Gasteiger charge is 2.48. The van der Waals surface area contributed by atoms with Gasteiger partial charge in [-0.15, -0.1) is 10.3 Å². The molecule has 0 bridgehead atoms. The zero-order chi connectivity index (χ0) is 10.3. The summed E-state index contributed by atoms with van der Waals surface area (Å²) in [5.41, 5.74) is -0.658. The third-order valence-corrected chi connectivity index (χ3v) is 3.16. The van der Waals surface area contributed by atoms with Crippen LogP contribution in [0.1, 0.15) is 40.5 Å². The molecule has 0 aliphatic carbocycles. The molecule has 1 aliphatic rings. The topological polar surface area (TPSA) is 32.4 Å². The van der Waals surface area contributed by atoms with Crippen molar-refractivity contribution in [3.05, 3.63) is 0 Å². The molecule has 3 nitrogen and oxygen atoms in total. The number of hydrogen-bond donors (Lipinski definition) is 0. The second-order valence-electron chi connectivity index (χ2n) is 5.02. The molecule has 0 aromatic heterocycles. The summed E-state index contributed by atoms with van der Waals surface area (Å²) in [6, 6.07) is 0. The molecular weight excluding hydrogens is 166 g/mol. The predicted octanol–water partition coefficient (Wildman–Crippen LogP) is 2.00. The van der Waals surface area contributed by atoms with E-state index in [0.717, 1.165) is 12.8 Å². The maximum absolute atomic E-state index is 12.0. The molecule has 1 radical (unpaired) electrons. The largest absolute Gasteiger partial charge is 0.379 e. The molecule has 0 amide bonds. The summed E-state index contributed by atoms with van der Waals surface area (Å²) in [6.07, 6.45) is 1.92. The summed E-state index contributed by atoms with van der Waals surface area (Å²) in [4.78, 5) is 0. The van der Waals surface area contributed by atoms with Crippen molar-refractivity contribution in [1.82, 2.24) is 5.06 Å². The molecule has 13 heavy (non-hydrogen) atoms. The van der Waals surface area contributed by atoms with Crippen LogP contribution in [0.15, 0.2) is 0 Å². The van der Waals surface area contributed by atoms with Crippen LogP contribution in [0, 0.1) is 0 Å². The lowest BCUT2D eigenvalue weighted by molar-refractivity contribution is -0.311. The number of rotatable bonds is 1. The molecule has 0 saturated carbocycles. The van der Waals surface area contributed by atoms with E-state index in [-0.39, 0.29) is 11.6 Å². The molecule has 1 fully saturated rings. The molecule has 1 aliphatic heterocycles. The molecule has 0 spiro atoms. The maximum atomic E-state index is 12.0. The van der Waals surface area contributed by atoms with Gasteiger partial charge in [-0.2, -0.15) is 0 Å². The SMILES string of the molecule is COC1CCC(C)(C)N([O])C1(C)C. The van der Waals surface area contributed by atoms with Gasteiger partial charge < -0.3 is 4.74 Å². The number of hydroxylamine groups is 2. The predicted molar refractivity (Wildman–Crippen MR) is 50.7 cm³/mol. The lowest BCUT2D eigenvalue weighted by Crippen LogP contribution is -2.62. The monoisotopic (exact) mass is 186 g/mol. The highest BCUT2D eigenvalue weighted by molar-refractivity contribution is 4.98. The van der Waals surface area contributed by atoms with Crippen LogP contribution < -0.4 is 0 Å². The van der Waals surface area contributed by atoms with Crippen molar-refractivity contribution in [2.24, 2.45) is 0 Å². The van der Waals surface area contributed by atoms with Crippen molar-refractivity contribution < 1.29 is 9.94 Å². The number of piperidine rings is 1. The van der Waals surface area contributed by atoms with Crippen molar-refractivity contribution in [3.63, 3.8) is 0 Å². The van der Waals surface area contributed by atoms with Gasteiger partial charge in [0.25, 0.3) is 0 Å². The van der Waals surface area contributed by atoms with Crippen molar-refractivity contribution in [3.8, 4) is 0 Å². The molecular formula is C10H20NO2. The first-order valence-corrected chi connectivity index (χ1v) is 4.82. The maximum Gasteiger partial charge on any atom is 0.0774 e. The fraction of sp³-hybridized carbons (Fsp3) is 1.00. The van der Waals surface area contributed by atoms with E-state index in [1.807, 2.05) is 27.7 Å². The Labute approximate surface area is 80.6 Å². The van der Waals surface area contributed by atoms with E-state index in [0.29, 0.717) is 0 Å². The highest BCUT2D eigenvalue weighted by Crippen LogP contribution is 2.38. The van der Waals surface area contributed by atoms with Gasteiger partial charge in [-0.05, 0) is 40.5 Å². The van der Waals surface area contributed by atoms with Crippen molar-refractivity contribution in [1.29, 1.82) is 0 Å². The van der Waals surface area contributed by atoms with Gasteiger partial charge in [-0.3, -0.25) is 0 Å². The lowest BCUT2D eigenvalue weighted by atomic mass is 9.80. The van der Waals surface area contributed by atoms with Crippen LogP contribution >= 0.6 is 0 Å². The van der Waals surface area contributed by atoms with Crippen LogP contribution in [0.4, 0.5) is 0 Å². The number of methoxy groups -OCH3 is 1. The standard InChI is InChI=1S/C10H20NO2/c1-9(2)7-6-8(13-5)10(3,4)11(9)12/h8H,6-7H2,1-5H3. The van der Waals surface area contributed by atoms with E-state index in [2.05, 4.69) is 0 Å². The second kappa shape index (κ2) is 3.23. The molecule has 1 heterocycles. The van der Waals surface area contributed by atoms with Gasteiger partial charge in [-0.1, -0.05) is 0 Å². The first-order chi connectivity index (χ1) is 5.82. The minimum absolute atomic E-state index is 0.0537. The Kier molecular flexibility index (Phi) is 2.72. The van der Waals surface area contributed by atoms with E-state index in [4.69, 9.17) is 4.74 Å². The van der Waals surface area contributed by atoms with Gasteiger partial charge in [-0.25, -0.2) is 0 Å². The Balaban J connectivity index is 2.85. The summed E-state index contributed by atoms with van der Waals surface area (Å²) in [5, 5.41) is 13.2. The van der Waals surface area contributed by atoms with E-state index < -0.39 is 5.54 Å². The van der Waals surface area contributed by atoms with E-state index in [1.54, 1.807) is 7.11 Å². The molecule has 0 aromatic rings. The average molecular weight is 186 g/mol. The quantitative estimate of drug-likeness (QED) is 0.627. The van der Waals surface area contributed by atoms with E-state index >= 15 is 0 Å². The molecule has 77 valence electrons. The molecule has 3 heteroatoms. The second-order valence-corrected chi connectivity index (χ2v) is 5.02. The number of hydrogen-bond acceptors (Lipinski definition) is 2. The fourth-order valence-corrected chi connectivity index (χ4v) is 2.26. The minimum Gasteiger partial charge on any atom is -0.379 e. The number of ether oxygens (including phenoxy) is 1. The summed E-state index contributed by atoms with van der Waals surface area (Å²) >= 11 is 0. The van der Waals surface area contributed by atoms with Crippen LogP contribution in [0.2, 0.25) is 0 Å². The van der Waals surface area contributed by atoms with Gasteiger partial charge in [0.05, 0.1) is 11.6 Å². The van der Waals surface area contributed by atoms with Crippen LogP contribution in [-0.4, -0.2) is 29.4 Å². The van der Waals surface area contributed by atoms with E-state index in [9.17, 15) is 5.21 Å². The van der Waals surface area contributed by atoms with Gasteiger partial charge in [0.1, 0.15) is 0 Å². The average Bonchev–Trinajstić information content (AvgIpc) is 2.01. The summed E-state index contributed by atoms with van der Waals surface area (Å²) in [6.45, 7) is 7.89. The molecule has 1 atom stereocenters. The Morgan fingerprint density at radius 3 is 2.31 bits per heavy atom. The van der Waals surface area contributed by atoms with Crippen LogP contribution in [0.3, 0.4) is 0 Å². The van der Waals surface area contributed by atoms with Gasteiger partial charge in [0, 0.05) is 12.6 Å². The Morgan fingerprint density at radius 1 is 1.31 bits per heavy atom. The summed E-state index contributed by atoms with van der Waals surface area (Å²) in [7, 11) is 1.68. The fourth-order valence-electron chi connectivity index (χ4n) is 2.26. The normalized spacial score (nSPS) is 33.2. The van der Waals surface area contributed by atoms with Crippen molar-refractivity contribution in [2.75, 3.05) is 7.11 Å². The van der Waals surface area contributed by atoms with Gasteiger partial charge in [0.15, 0.2) is 0 Å². The van der Waals surface area contributed by atoms with Gasteiger partial charge in [0.2, 0.25) is 0 Å². The molecule has 1 saturated heterocycles. The smallest absolute Gasteiger partial charge is 0.0774 e. The first kappa shape index (κ1) is 11.0.